The van der Waals surface area contributed by atoms with Crippen LogP contribution in [0, 0.1) is 0 Å². The van der Waals surface area contributed by atoms with Gasteiger partial charge >= 0.3 is 0 Å². The van der Waals surface area contributed by atoms with E-state index in [1.54, 1.807) is 18.3 Å². The maximum Gasteiger partial charge on any atom is 0.271 e. The van der Waals surface area contributed by atoms with E-state index in [0.29, 0.717) is 10.6 Å². The first-order valence-corrected chi connectivity index (χ1v) is 9.40. The van der Waals surface area contributed by atoms with Gasteiger partial charge in [-0.2, -0.15) is 5.10 Å². The van der Waals surface area contributed by atoms with Crippen LogP contribution in [0.3, 0.4) is 0 Å². The number of hydrazone groups is 1. The molecule has 0 aliphatic carbocycles. The number of anilines is 1. The van der Waals surface area contributed by atoms with Crippen LogP contribution in [0.15, 0.2) is 53.6 Å². The van der Waals surface area contributed by atoms with Crippen molar-refractivity contribution in [2.75, 3.05) is 11.4 Å². The molecule has 2 aromatic rings. The van der Waals surface area contributed by atoms with Gasteiger partial charge in [-0.3, -0.25) is 4.79 Å². The highest BCUT2D eigenvalue weighted by atomic mass is 35.5. The van der Waals surface area contributed by atoms with Crippen LogP contribution < -0.4 is 10.3 Å². The Bertz CT molecular complexity index is 917. The van der Waals surface area contributed by atoms with Crippen LogP contribution in [0.1, 0.15) is 49.2 Å². The minimum atomic E-state index is -0.254. The predicted octanol–water partition coefficient (Wildman–Crippen LogP) is 5.13. The number of likely N-dealkylation sites (N-methyl/N-ethyl adjacent to an activating group) is 1. The molecule has 0 atom stereocenters. The Hall–Kier alpha value is -2.59. The second kappa shape index (κ2) is 7.57. The standard InChI is InChI=1S/C22H24ClN3O/c1-5-26-20-12-19(23)17(11-18(20)15(2)13-22(26,3)4)14-24-25-21(27)16-9-7-6-8-10-16/h6-14H,5H2,1-4H3,(H,25,27)/b24-14-. The minimum Gasteiger partial charge on any atom is -0.363 e. The third-order valence-electron chi connectivity index (χ3n) is 4.82. The number of nitrogens with zero attached hydrogens (tertiary/aromatic N) is 2. The van der Waals surface area contributed by atoms with Crippen molar-refractivity contribution in [3.8, 4) is 0 Å². The average molecular weight is 382 g/mol. The monoisotopic (exact) mass is 381 g/mol. The molecule has 1 heterocycles. The Morgan fingerprint density at radius 3 is 2.63 bits per heavy atom. The Morgan fingerprint density at radius 1 is 1.26 bits per heavy atom. The van der Waals surface area contributed by atoms with Crippen molar-refractivity contribution in [1.82, 2.24) is 5.43 Å². The number of benzene rings is 2. The first-order chi connectivity index (χ1) is 12.8. The highest BCUT2D eigenvalue weighted by molar-refractivity contribution is 6.33. The van der Waals surface area contributed by atoms with Gasteiger partial charge in [-0.25, -0.2) is 5.43 Å². The summed E-state index contributed by atoms with van der Waals surface area (Å²) in [5.41, 5.74) is 7.28. The predicted molar refractivity (Wildman–Crippen MR) is 114 cm³/mol. The third-order valence-corrected chi connectivity index (χ3v) is 5.15. The van der Waals surface area contributed by atoms with Gasteiger partial charge in [-0.15, -0.1) is 0 Å². The quantitative estimate of drug-likeness (QED) is 0.589. The van der Waals surface area contributed by atoms with Crippen molar-refractivity contribution in [3.63, 3.8) is 0 Å². The molecule has 1 aliphatic rings. The van der Waals surface area contributed by atoms with Crippen molar-refractivity contribution in [1.29, 1.82) is 0 Å². The number of amides is 1. The summed E-state index contributed by atoms with van der Waals surface area (Å²) in [4.78, 5) is 14.4. The first kappa shape index (κ1) is 19.2. The van der Waals surface area contributed by atoms with Crippen LogP contribution in [-0.2, 0) is 0 Å². The normalized spacial score (nSPS) is 15.4. The molecule has 0 saturated heterocycles. The smallest absolute Gasteiger partial charge is 0.271 e. The largest absolute Gasteiger partial charge is 0.363 e. The van der Waals surface area contributed by atoms with Gasteiger partial charge in [0.15, 0.2) is 0 Å². The maximum atomic E-state index is 12.1. The van der Waals surface area contributed by atoms with Gasteiger partial charge in [0.1, 0.15) is 0 Å². The number of rotatable bonds is 4. The van der Waals surface area contributed by atoms with E-state index in [0.717, 1.165) is 23.4 Å². The molecule has 0 spiro atoms. The fourth-order valence-corrected chi connectivity index (χ4v) is 3.81. The second-order valence-electron chi connectivity index (χ2n) is 7.18. The lowest BCUT2D eigenvalue weighted by atomic mass is 9.88. The van der Waals surface area contributed by atoms with E-state index in [-0.39, 0.29) is 11.4 Å². The summed E-state index contributed by atoms with van der Waals surface area (Å²) in [7, 11) is 0. The van der Waals surface area contributed by atoms with Crippen molar-refractivity contribution in [3.05, 3.63) is 70.3 Å². The topological polar surface area (TPSA) is 44.7 Å². The van der Waals surface area contributed by atoms with E-state index in [1.807, 2.05) is 30.3 Å². The summed E-state index contributed by atoms with van der Waals surface area (Å²) >= 11 is 6.51. The molecule has 0 bridgehead atoms. The van der Waals surface area contributed by atoms with E-state index in [9.17, 15) is 4.79 Å². The highest BCUT2D eigenvalue weighted by Gasteiger charge is 2.30. The SMILES string of the molecule is CCN1c2cc(Cl)c(/C=N\NC(=O)c3ccccc3)cc2C(C)=CC1(C)C. The molecular formula is C22H24ClN3O. The Kier molecular flexibility index (Phi) is 5.38. The van der Waals surface area contributed by atoms with Crippen LogP contribution in [0.2, 0.25) is 5.02 Å². The van der Waals surface area contributed by atoms with Gasteiger partial charge in [-0.1, -0.05) is 35.9 Å². The summed E-state index contributed by atoms with van der Waals surface area (Å²) in [6.07, 6.45) is 3.86. The summed E-state index contributed by atoms with van der Waals surface area (Å²) in [5.74, 6) is -0.254. The van der Waals surface area contributed by atoms with Crippen LogP contribution in [0.4, 0.5) is 5.69 Å². The highest BCUT2D eigenvalue weighted by Crippen LogP contribution is 2.40. The van der Waals surface area contributed by atoms with Crippen molar-refractivity contribution >= 4 is 35.0 Å². The zero-order valence-corrected chi connectivity index (χ0v) is 16.8. The van der Waals surface area contributed by atoms with Crippen LogP contribution in [-0.4, -0.2) is 24.2 Å². The van der Waals surface area contributed by atoms with E-state index in [2.05, 4.69) is 49.2 Å². The van der Waals surface area contributed by atoms with E-state index >= 15 is 0 Å². The number of carbonyl (C=O) groups is 1. The molecule has 0 aromatic heterocycles. The number of halogens is 1. The summed E-state index contributed by atoms with van der Waals surface area (Å²) in [6.45, 7) is 9.54. The number of carbonyl (C=O) groups excluding carboxylic acids is 1. The average Bonchev–Trinajstić information content (AvgIpc) is 2.63. The van der Waals surface area contributed by atoms with Gasteiger partial charge in [0.2, 0.25) is 0 Å². The zero-order chi connectivity index (χ0) is 19.6. The summed E-state index contributed by atoms with van der Waals surface area (Å²) in [5, 5.41) is 4.69. The second-order valence-corrected chi connectivity index (χ2v) is 7.59. The molecule has 0 radical (unpaired) electrons. The summed E-state index contributed by atoms with van der Waals surface area (Å²) in [6, 6.07) is 13.0. The van der Waals surface area contributed by atoms with Crippen LogP contribution in [0.5, 0.6) is 0 Å². The number of nitrogens with one attached hydrogen (secondary N) is 1. The third kappa shape index (κ3) is 3.91. The van der Waals surface area contributed by atoms with Crippen molar-refractivity contribution in [2.24, 2.45) is 5.10 Å². The van der Waals surface area contributed by atoms with Crippen LogP contribution in [0.25, 0.3) is 5.57 Å². The van der Waals surface area contributed by atoms with Crippen molar-refractivity contribution < 1.29 is 4.79 Å². The first-order valence-electron chi connectivity index (χ1n) is 9.03. The molecule has 0 unspecified atom stereocenters. The number of hydrogen-bond acceptors (Lipinski definition) is 3. The summed E-state index contributed by atoms with van der Waals surface area (Å²) < 4.78 is 0. The maximum absolute atomic E-state index is 12.1. The van der Waals surface area contributed by atoms with Gasteiger partial charge < -0.3 is 4.90 Å². The lowest BCUT2D eigenvalue weighted by Crippen LogP contribution is -2.44. The van der Waals surface area contributed by atoms with Crippen LogP contribution >= 0.6 is 11.6 Å². The van der Waals surface area contributed by atoms with E-state index in [1.165, 1.54) is 5.57 Å². The minimum absolute atomic E-state index is 0.0611. The molecule has 3 rings (SSSR count). The van der Waals surface area contributed by atoms with Gasteiger partial charge in [0.05, 0.1) is 16.8 Å². The van der Waals surface area contributed by atoms with Gasteiger partial charge in [0, 0.05) is 28.9 Å². The lowest BCUT2D eigenvalue weighted by molar-refractivity contribution is 0.0955. The van der Waals surface area contributed by atoms with E-state index in [4.69, 9.17) is 11.6 Å². The molecule has 0 saturated carbocycles. The molecule has 1 aliphatic heterocycles. The molecule has 5 heteroatoms. The fourth-order valence-electron chi connectivity index (χ4n) is 3.61. The molecule has 27 heavy (non-hydrogen) atoms. The molecular weight excluding hydrogens is 358 g/mol. The molecule has 0 fully saturated rings. The molecule has 140 valence electrons. The fraction of sp³-hybridized carbons (Fsp3) is 0.273. The number of allylic oxidation sites excluding steroid dienone is 1. The molecule has 4 nitrogen and oxygen atoms in total. The molecule has 1 N–H and O–H groups in total. The Morgan fingerprint density at radius 2 is 1.96 bits per heavy atom. The van der Waals surface area contributed by atoms with Gasteiger partial charge in [-0.05, 0) is 57.5 Å². The Labute approximate surface area is 165 Å². The Balaban J connectivity index is 1.86. The van der Waals surface area contributed by atoms with Gasteiger partial charge in [0.25, 0.3) is 5.91 Å². The number of fused-ring (bicyclic) bond motifs is 1. The zero-order valence-electron chi connectivity index (χ0n) is 16.1. The number of hydrogen-bond donors (Lipinski definition) is 1. The molecule has 1 amide bonds. The lowest BCUT2D eigenvalue weighted by Gasteiger charge is -2.43. The van der Waals surface area contributed by atoms with Crippen molar-refractivity contribution in [2.45, 2.75) is 33.2 Å². The van der Waals surface area contributed by atoms with E-state index < -0.39 is 0 Å². The molecule has 2 aromatic carbocycles.